The largest absolute Gasteiger partial charge is 0.497 e. The van der Waals surface area contributed by atoms with Gasteiger partial charge in [0.15, 0.2) is 0 Å². The second-order valence-corrected chi connectivity index (χ2v) is 5.79. The van der Waals surface area contributed by atoms with E-state index in [2.05, 4.69) is 5.32 Å². The monoisotopic (exact) mass is 363 g/mol. The topological polar surface area (TPSA) is 56.8 Å². The molecule has 0 aliphatic rings. The molecule has 1 amide bonds. The highest BCUT2D eigenvalue weighted by Gasteiger charge is 2.17. The molecular weight excluding hydrogens is 342 g/mol. The SMILES string of the molecule is CCOc1ccc(C(=O)N[C@@H](C)c2cc(OC)ccc2OC)cc1Cl. The normalized spacial score (nSPS) is 11.6. The summed E-state index contributed by atoms with van der Waals surface area (Å²) in [6.45, 7) is 4.27. The van der Waals surface area contributed by atoms with Gasteiger partial charge in [-0.05, 0) is 50.2 Å². The van der Waals surface area contributed by atoms with Gasteiger partial charge in [0.1, 0.15) is 17.2 Å². The molecule has 0 bridgehead atoms. The molecule has 6 heteroatoms. The van der Waals surface area contributed by atoms with Crippen molar-refractivity contribution in [3.8, 4) is 17.2 Å². The van der Waals surface area contributed by atoms with Crippen LogP contribution in [0.25, 0.3) is 0 Å². The minimum atomic E-state index is -0.275. The Hall–Kier alpha value is -2.40. The molecule has 0 spiro atoms. The standard InChI is InChI=1S/C19H22ClNO4/c1-5-25-18-8-6-13(10-16(18)20)19(22)21-12(2)15-11-14(23-3)7-9-17(15)24-4/h6-12H,5H2,1-4H3,(H,21,22)/t12-/m0/s1. The number of hydrogen-bond acceptors (Lipinski definition) is 4. The van der Waals surface area contributed by atoms with Crippen LogP contribution in [0, 0.1) is 0 Å². The predicted molar refractivity (Wildman–Crippen MR) is 98.0 cm³/mol. The highest BCUT2D eigenvalue weighted by Crippen LogP contribution is 2.30. The van der Waals surface area contributed by atoms with Gasteiger partial charge in [-0.25, -0.2) is 0 Å². The molecule has 5 nitrogen and oxygen atoms in total. The number of hydrogen-bond donors (Lipinski definition) is 1. The summed E-state index contributed by atoms with van der Waals surface area (Å²) in [7, 11) is 3.18. The summed E-state index contributed by atoms with van der Waals surface area (Å²) in [5.41, 5.74) is 1.29. The van der Waals surface area contributed by atoms with E-state index in [1.54, 1.807) is 32.4 Å². The molecule has 1 N–H and O–H groups in total. The Morgan fingerprint density at radius 1 is 1.12 bits per heavy atom. The molecule has 0 unspecified atom stereocenters. The summed E-state index contributed by atoms with van der Waals surface area (Å²) in [5, 5.41) is 3.35. The van der Waals surface area contributed by atoms with E-state index in [1.807, 2.05) is 32.0 Å². The zero-order valence-corrected chi connectivity index (χ0v) is 15.5. The van der Waals surface area contributed by atoms with Crippen molar-refractivity contribution in [1.82, 2.24) is 5.32 Å². The van der Waals surface area contributed by atoms with Crippen LogP contribution in [0.5, 0.6) is 17.2 Å². The molecule has 0 aliphatic heterocycles. The number of rotatable bonds is 7. The van der Waals surface area contributed by atoms with Crippen LogP contribution in [-0.2, 0) is 0 Å². The van der Waals surface area contributed by atoms with Gasteiger partial charge >= 0.3 is 0 Å². The van der Waals surface area contributed by atoms with Gasteiger partial charge in [0.05, 0.1) is 31.9 Å². The third kappa shape index (κ3) is 4.57. The highest BCUT2D eigenvalue weighted by atomic mass is 35.5. The number of amides is 1. The minimum Gasteiger partial charge on any atom is -0.497 e. The molecule has 0 aromatic heterocycles. The molecule has 0 saturated carbocycles. The third-order valence-corrected chi connectivity index (χ3v) is 4.04. The number of ether oxygens (including phenoxy) is 3. The van der Waals surface area contributed by atoms with Crippen LogP contribution >= 0.6 is 11.6 Å². The molecule has 2 rings (SSSR count). The zero-order chi connectivity index (χ0) is 18.4. The smallest absolute Gasteiger partial charge is 0.251 e. The Kier molecular flexibility index (Phi) is 6.53. The van der Waals surface area contributed by atoms with E-state index < -0.39 is 0 Å². The van der Waals surface area contributed by atoms with Crippen LogP contribution < -0.4 is 19.5 Å². The second-order valence-electron chi connectivity index (χ2n) is 5.38. The van der Waals surface area contributed by atoms with Crippen molar-refractivity contribution >= 4 is 17.5 Å². The molecule has 134 valence electrons. The van der Waals surface area contributed by atoms with Crippen LogP contribution in [0.4, 0.5) is 0 Å². The van der Waals surface area contributed by atoms with Crippen LogP contribution in [0.1, 0.15) is 35.8 Å². The van der Waals surface area contributed by atoms with Gasteiger partial charge in [-0.3, -0.25) is 4.79 Å². The van der Waals surface area contributed by atoms with E-state index in [0.717, 1.165) is 5.56 Å². The molecule has 0 saturated heterocycles. The van der Waals surface area contributed by atoms with Crippen molar-refractivity contribution in [2.75, 3.05) is 20.8 Å². The first kappa shape index (κ1) is 18.9. The Bertz CT molecular complexity index is 748. The number of nitrogens with one attached hydrogen (secondary N) is 1. The fourth-order valence-electron chi connectivity index (χ4n) is 2.45. The summed E-state index contributed by atoms with van der Waals surface area (Å²) in [5.74, 6) is 1.70. The Morgan fingerprint density at radius 3 is 2.44 bits per heavy atom. The van der Waals surface area contributed by atoms with E-state index in [4.69, 9.17) is 25.8 Å². The van der Waals surface area contributed by atoms with Crippen LogP contribution in [0.3, 0.4) is 0 Å². The Morgan fingerprint density at radius 2 is 1.84 bits per heavy atom. The van der Waals surface area contributed by atoms with Gasteiger partial charge in [0, 0.05) is 11.1 Å². The summed E-state index contributed by atoms with van der Waals surface area (Å²) < 4.78 is 16.0. The molecular formula is C19H22ClNO4. The summed E-state index contributed by atoms with van der Waals surface area (Å²) in [6, 6.07) is 10.2. The lowest BCUT2D eigenvalue weighted by Crippen LogP contribution is -2.27. The van der Waals surface area contributed by atoms with Crippen LogP contribution in [0.2, 0.25) is 5.02 Å². The number of methoxy groups -OCH3 is 2. The molecule has 0 aliphatic carbocycles. The van der Waals surface area contributed by atoms with E-state index in [0.29, 0.717) is 34.4 Å². The fourth-order valence-corrected chi connectivity index (χ4v) is 2.69. The number of carbonyl (C=O) groups excluding carboxylic acids is 1. The lowest BCUT2D eigenvalue weighted by Gasteiger charge is -2.18. The molecule has 0 heterocycles. The van der Waals surface area contributed by atoms with E-state index in [9.17, 15) is 4.79 Å². The van der Waals surface area contributed by atoms with Crippen LogP contribution in [-0.4, -0.2) is 26.7 Å². The van der Waals surface area contributed by atoms with Crippen molar-refractivity contribution in [3.63, 3.8) is 0 Å². The summed E-state index contributed by atoms with van der Waals surface area (Å²) >= 11 is 6.15. The predicted octanol–water partition coefficient (Wildman–Crippen LogP) is 4.25. The van der Waals surface area contributed by atoms with Gasteiger partial charge in [-0.15, -0.1) is 0 Å². The highest BCUT2D eigenvalue weighted by molar-refractivity contribution is 6.32. The van der Waals surface area contributed by atoms with Crippen LogP contribution in [0.15, 0.2) is 36.4 Å². The van der Waals surface area contributed by atoms with Gasteiger partial charge in [0.2, 0.25) is 0 Å². The number of carbonyl (C=O) groups is 1. The van der Waals surface area contributed by atoms with Crippen molar-refractivity contribution in [1.29, 1.82) is 0 Å². The maximum absolute atomic E-state index is 12.5. The third-order valence-electron chi connectivity index (χ3n) is 3.74. The minimum absolute atomic E-state index is 0.234. The van der Waals surface area contributed by atoms with Gasteiger partial charge < -0.3 is 19.5 Å². The van der Waals surface area contributed by atoms with Crippen molar-refractivity contribution in [2.24, 2.45) is 0 Å². The second kappa shape index (κ2) is 8.62. The van der Waals surface area contributed by atoms with Crippen molar-refractivity contribution < 1.29 is 19.0 Å². The summed E-state index contributed by atoms with van der Waals surface area (Å²) in [6.07, 6.45) is 0. The Balaban J connectivity index is 2.19. The summed E-state index contributed by atoms with van der Waals surface area (Å²) in [4.78, 5) is 12.5. The van der Waals surface area contributed by atoms with E-state index >= 15 is 0 Å². The van der Waals surface area contributed by atoms with Gasteiger partial charge in [0.25, 0.3) is 5.91 Å². The van der Waals surface area contributed by atoms with Gasteiger partial charge in [-0.1, -0.05) is 11.6 Å². The average Bonchev–Trinajstić information content (AvgIpc) is 2.62. The van der Waals surface area contributed by atoms with E-state index in [-0.39, 0.29) is 11.9 Å². The maximum atomic E-state index is 12.5. The van der Waals surface area contributed by atoms with Crippen molar-refractivity contribution in [2.45, 2.75) is 19.9 Å². The quantitative estimate of drug-likeness (QED) is 0.799. The first-order valence-electron chi connectivity index (χ1n) is 7.95. The Labute approximate surface area is 152 Å². The molecule has 2 aromatic rings. The number of halogens is 1. The van der Waals surface area contributed by atoms with Gasteiger partial charge in [-0.2, -0.15) is 0 Å². The number of benzene rings is 2. The molecule has 1 atom stereocenters. The molecule has 2 aromatic carbocycles. The first-order valence-corrected chi connectivity index (χ1v) is 8.33. The molecule has 25 heavy (non-hydrogen) atoms. The maximum Gasteiger partial charge on any atom is 0.251 e. The zero-order valence-electron chi connectivity index (χ0n) is 14.8. The fraction of sp³-hybridized carbons (Fsp3) is 0.316. The van der Waals surface area contributed by atoms with E-state index in [1.165, 1.54) is 0 Å². The molecule has 0 radical (unpaired) electrons. The van der Waals surface area contributed by atoms with Crippen molar-refractivity contribution in [3.05, 3.63) is 52.5 Å². The lowest BCUT2D eigenvalue weighted by atomic mass is 10.1. The molecule has 0 fully saturated rings. The lowest BCUT2D eigenvalue weighted by molar-refractivity contribution is 0.0939. The average molecular weight is 364 g/mol. The first-order chi connectivity index (χ1) is 12.0.